The van der Waals surface area contributed by atoms with Gasteiger partial charge in [0.1, 0.15) is 0 Å². The molecular weight excluding hydrogens is 104 g/mol. The minimum atomic E-state index is -0.789. The fraction of sp³-hybridized carbons (Fsp3) is 1.00. The van der Waals surface area contributed by atoms with E-state index in [0.29, 0.717) is 12.6 Å². The van der Waals surface area contributed by atoms with Crippen LogP contribution in [-0.2, 0) is 5.11 Å². The molecule has 2 bridgehead atoms. The third kappa shape index (κ3) is 0.491. The smallest absolute Gasteiger partial charge is 0.168 e. The van der Waals surface area contributed by atoms with Gasteiger partial charge >= 0.3 is 0 Å². The second kappa shape index (κ2) is 1.23. The molecular formula is C5H9N2O. The third-order valence-electron chi connectivity index (χ3n) is 1.84. The first-order valence-electron chi connectivity index (χ1n) is 2.97. The summed E-state index contributed by atoms with van der Waals surface area (Å²) in [5.41, 5.74) is -0.789. The van der Waals surface area contributed by atoms with Gasteiger partial charge in [0.2, 0.25) is 0 Å². The first kappa shape index (κ1) is 4.73. The van der Waals surface area contributed by atoms with Crippen LogP contribution in [0.25, 0.3) is 0 Å². The summed E-state index contributed by atoms with van der Waals surface area (Å²) in [6.07, 6.45) is 0.819. The highest BCUT2D eigenvalue weighted by Crippen LogP contribution is 2.24. The fourth-order valence-electron chi connectivity index (χ4n) is 1.44. The van der Waals surface area contributed by atoms with Crippen molar-refractivity contribution in [1.82, 2.24) is 10.6 Å². The van der Waals surface area contributed by atoms with Crippen molar-refractivity contribution in [3.8, 4) is 0 Å². The fourth-order valence-corrected chi connectivity index (χ4v) is 1.44. The van der Waals surface area contributed by atoms with Gasteiger partial charge in [-0.25, -0.2) is 5.11 Å². The van der Waals surface area contributed by atoms with Gasteiger partial charge < -0.3 is 5.32 Å². The van der Waals surface area contributed by atoms with Gasteiger partial charge in [-0.1, -0.05) is 0 Å². The zero-order valence-electron chi connectivity index (χ0n) is 4.61. The molecule has 3 fully saturated rings. The van der Waals surface area contributed by atoms with Crippen LogP contribution in [0, 0.1) is 0 Å². The summed E-state index contributed by atoms with van der Waals surface area (Å²) in [7, 11) is 0. The van der Waals surface area contributed by atoms with Crippen LogP contribution in [-0.4, -0.2) is 24.9 Å². The Morgan fingerprint density at radius 1 is 1.62 bits per heavy atom. The van der Waals surface area contributed by atoms with E-state index >= 15 is 0 Å². The molecule has 0 aromatic carbocycles. The second-order valence-electron chi connectivity index (χ2n) is 2.67. The predicted molar refractivity (Wildman–Crippen MR) is 27.8 cm³/mol. The Morgan fingerprint density at radius 2 is 2.38 bits per heavy atom. The molecule has 0 aromatic rings. The van der Waals surface area contributed by atoms with Crippen molar-refractivity contribution in [2.24, 2.45) is 0 Å². The first-order chi connectivity index (χ1) is 3.79. The van der Waals surface area contributed by atoms with Crippen molar-refractivity contribution in [2.75, 3.05) is 13.1 Å². The lowest BCUT2D eigenvalue weighted by Gasteiger charge is -2.48. The van der Waals surface area contributed by atoms with Crippen LogP contribution in [0.1, 0.15) is 6.42 Å². The van der Waals surface area contributed by atoms with Crippen LogP contribution < -0.4 is 10.6 Å². The topological polar surface area (TPSA) is 44.0 Å². The Morgan fingerprint density at radius 3 is 2.62 bits per heavy atom. The van der Waals surface area contributed by atoms with Gasteiger partial charge in [-0.15, -0.1) is 0 Å². The zero-order valence-corrected chi connectivity index (χ0v) is 4.61. The van der Waals surface area contributed by atoms with Gasteiger partial charge in [0.15, 0.2) is 5.72 Å². The summed E-state index contributed by atoms with van der Waals surface area (Å²) in [4.78, 5) is 0. The SMILES string of the molecule is [O]C12CNCC(C1)N2. The molecule has 45 valence electrons. The van der Waals surface area contributed by atoms with Gasteiger partial charge in [0, 0.05) is 25.6 Å². The maximum absolute atomic E-state index is 11.0. The minimum Gasteiger partial charge on any atom is -0.311 e. The van der Waals surface area contributed by atoms with Crippen molar-refractivity contribution >= 4 is 0 Å². The molecule has 3 aliphatic heterocycles. The molecule has 2 atom stereocenters. The highest BCUT2D eigenvalue weighted by Gasteiger charge is 2.46. The Labute approximate surface area is 48.1 Å². The average Bonchev–Trinajstić information content (AvgIpc) is 1.63. The molecule has 3 rings (SSSR count). The molecule has 0 amide bonds. The quantitative estimate of drug-likeness (QED) is 0.426. The van der Waals surface area contributed by atoms with Crippen LogP contribution in [0.5, 0.6) is 0 Å². The van der Waals surface area contributed by atoms with Gasteiger partial charge in [-0.05, 0) is 0 Å². The minimum absolute atomic E-state index is 0.473. The van der Waals surface area contributed by atoms with E-state index in [9.17, 15) is 5.11 Å². The van der Waals surface area contributed by atoms with Crippen molar-refractivity contribution in [2.45, 2.75) is 18.2 Å². The molecule has 2 N–H and O–H groups in total. The molecule has 1 radical (unpaired) electrons. The normalized spacial score (nSPS) is 52.9. The van der Waals surface area contributed by atoms with E-state index in [1.807, 2.05) is 0 Å². The number of nitrogens with one attached hydrogen (secondary N) is 2. The Hall–Kier alpha value is -0.120. The summed E-state index contributed by atoms with van der Waals surface area (Å²) in [6, 6.07) is 0.473. The number of piperazine rings is 1. The van der Waals surface area contributed by atoms with E-state index < -0.39 is 5.72 Å². The van der Waals surface area contributed by atoms with Crippen molar-refractivity contribution in [3.05, 3.63) is 0 Å². The zero-order chi connectivity index (χ0) is 5.61. The largest absolute Gasteiger partial charge is 0.311 e. The lowest BCUT2D eigenvalue weighted by molar-refractivity contribution is -0.150. The summed E-state index contributed by atoms with van der Waals surface area (Å²) >= 11 is 0. The van der Waals surface area contributed by atoms with Crippen molar-refractivity contribution in [3.63, 3.8) is 0 Å². The number of fused-ring (bicyclic) bond motifs is 2. The second-order valence-corrected chi connectivity index (χ2v) is 2.67. The molecule has 0 aliphatic carbocycles. The van der Waals surface area contributed by atoms with Crippen LogP contribution in [0.15, 0.2) is 0 Å². The first-order valence-corrected chi connectivity index (χ1v) is 2.97. The van der Waals surface area contributed by atoms with Gasteiger partial charge in [-0.3, -0.25) is 5.32 Å². The molecule has 3 heterocycles. The maximum atomic E-state index is 11.0. The Balaban J connectivity index is 2.06. The van der Waals surface area contributed by atoms with E-state index in [1.54, 1.807) is 0 Å². The molecule has 0 saturated carbocycles. The highest BCUT2D eigenvalue weighted by molar-refractivity contribution is 5.01. The predicted octanol–water partition coefficient (Wildman–Crippen LogP) is -0.922. The van der Waals surface area contributed by atoms with E-state index in [1.165, 1.54) is 0 Å². The molecule has 0 spiro atoms. The lowest BCUT2D eigenvalue weighted by Crippen LogP contribution is -2.74. The molecule has 3 aliphatic rings. The summed E-state index contributed by atoms with van der Waals surface area (Å²) in [6.45, 7) is 1.58. The molecule has 3 heteroatoms. The number of rotatable bonds is 0. The Bertz CT molecular complexity index is 103. The molecule has 3 nitrogen and oxygen atoms in total. The highest BCUT2D eigenvalue weighted by atomic mass is 16.3. The number of hydrogen-bond donors (Lipinski definition) is 2. The summed E-state index contributed by atoms with van der Waals surface area (Å²) < 4.78 is 0. The third-order valence-corrected chi connectivity index (χ3v) is 1.84. The van der Waals surface area contributed by atoms with Crippen LogP contribution in [0.3, 0.4) is 0 Å². The van der Waals surface area contributed by atoms with Gasteiger partial charge in [0.25, 0.3) is 0 Å². The average molecular weight is 113 g/mol. The van der Waals surface area contributed by atoms with E-state index in [4.69, 9.17) is 0 Å². The van der Waals surface area contributed by atoms with Crippen LogP contribution in [0.2, 0.25) is 0 Å². The van der Waals surface area contributed by atoms with E-state index in [-0.39, 0.29) is 0 Å². The van der Waals surface area contributed by atoms with Crippen LogP contribution in [0.4, 0.5) is 0 Å². The number of piperidine rings is 1. The molecule has 3 saturated heterocycles. The van der Waals surface area contributed by atoms with E-state index in [0.717, 1.165) is 13.0 Å². The monoisotopic (exact) mass is 113 g/mol. The van der Waals surface area contributed by atoms with Crippen molar-refractivity contribution < 1.29 is 5.11 Å². The van der Waals surface area contributed by atoms with Gasteiger partial charge in [0.05, 0.1) is 0 Å². The summed E-state index contributed by atoms with van der Waals surface area (Å²) in [5, 5.41) is 17.0. The van der Waals surface area contributed by atoms with E-state index in [2.05, 4.69) is 10.6 Å². The number of hydrogen-bond acceptors (Lipinski definition) is 2. The molecule has 2 unspecified atom stereocenters. The van der Waals surface area contributed by atoms with Crippen LogP contribution >= 0.6 is 0 Å². The molecule has 8 heavy (non-hydrogen) atoms. The van der Waals surface area contributed by atoms with Gasteiger partial charge in [-0.2, -0.15) is 0 Å². The van der Waals surface area contributed by atoms with Crippen molar-refractivity contribution in [1.29, 1.82) is 0 Å². The lowest BCUT2D eigenvalue weighted by atomic mass is 9.89. The maximum Gasteiger partial charge on any atom is 0.168 e. The standard InChI is InChI=1S/C5H9N2O/c8-5-1-4(7-5)2-6-3-5/h4,6-7H,1-3H2. The summed E-state index contributed by atoms with van der Waals surface area (Å²) in [5.74, 6) is 0. The molecule has 0 aromatic heterocycles. The Kier molecular flexibility index (Phi) is 0.730.